The second-order valence-electron chi connectivity index (χ2n) is 8.05. The van der Waals surface area contributed by atoms with Crippen LogP contribution in [-0.2, 0) is 5.60 Å². The van der Waals surface area contributed by atoms with Crippen LogP contribution in [0.25, 0.3) is 0 Å². The summed E-state index contributed by atoms with van der Waals surface area (Å²) >= 11 is 0. The predicted octanol–water partition coefficient (Wildman–Crippen LogP) is 5.91. The molecule has 150 valence electrons. The van der Waals surface area contributed by atoms with Crippen LogP contribution < -0.4 is 5.32 Å². The quantitative estimate of drug-likeness (QED) is 0.569. The molecule has 0 radical (unpaired) electrons. The van der Waals surface area contributed by atoms with Crippen LogP contribution >= 0.6 is 0 Å². The van der Waals surface area contributed by atoms with Gasteiger partial charge in [-0.05, 0) is 35.2 Å². The molecule has 4 atom stereocenters. The van der Waals surface area contributed by atoms with Gasteiger partial charge < -0.3 is 10.4 Å². The highest BCUT2D eigenvalue weighted by Crippen LogP contribution is 2.50. The van der Waals surface area contributed by atoms with Gasteiger partial charge in [-0.3, -0.25) is 0 Å². The lowest BCUT2D eigenvalue weighted by Gasteiger charge is -2.49. The lowest BCUT2D eigenvalue weighted by Crippen LogP contribution is -2.51. The van der Waals surface area contributed by atoms with E-state index in [2.05, 4.69) is 36.5 Å². The molecule has 1 heterocycles. The number of piperidine rings is 1. The van der Waals surface area contributed by atoms with Crippen LogP contribution in [0.3, 0.4) is 0 Å². The molecular weight excluding hydrogens is 361 g/mol. The molecule has 1 aliphatic rings. The molecule has 4 rings (SSSR count). The molecule has 0 amide bonds. The Hall–Kier alpha value is -2.49. The van der Waals surface area contributed by atoms with E-state index >= 15 is 0 Å². The van der Waals surface area contributed by atoms with Crippen molar-refractivity contribution in [2.45, 2.75) is 43.9 Å². The smallest absolute Gasteiger partial charge is 0.123 e. The molecule has 1 saturated heterocycles. The zero-order valence-corrected chi connectivity index (χ0v) is 16.8. The summed E-state index contributed by atoms with van der Waals surface area (Å²) in [5.74, 6) is -0.294. The highest BCUT2D eigenvalue weighted by molar-refractivity contribution is 5.32. The van der Waals surface area contributed by atoms with Crippen molar-refractivity contribution in [1.82, 2.24) is 5.32 Å². The molecule has 4 unspecified atom stereocenters. The molecule has 1 fully saturated rings. The lowest BCUT2D eigenvalue weighted by atomic mass is 9.66. The van der Waals surface area contributed by atoms with Crippen molar-refractivity contribution in [3.05, 3.63) is 107 Å². The second-order valence-corrected chi connectivity index (χ2v) is 8.05. The standard InChI is InChI=1S/C26H28FNO/c1-2-9-23-25(20-12-7-4-8-13-20)28-24(19-10-5-3-6-11-19)18-26(23,29)21-14-16-22(27)17-15-21/h3-8,10-17,23-25,28-29H,2,9,18H2,1H3. The number of nitrogens with one attached hydrogen (secondary N) is 1. The number of benzene rings is 3. The Morgan fingerprint density at radius 1 is 0.897 bits per heavy atom. The van der Waals surface area contributed by atoms with E-state index in [-0.39, 0.29) is 23.8 Å². The fourth-order valence-electron chi connectivity index (χ4n) is 4.81. The zero-order chi connectivity index (χ0) is 20.3. The van der Waals surface area contributed by atoms with Crippen LogP contribution in [0.2, 0.25) is 0 Å². The van der Waals surface area contributed by atoms with Crippen molar-refractivity contribution in [2.75, 3.05) is 0 Å². The number of rotatable bonds is 5. The third-order valence-corrected chi connectivity index (χ3v) is 6.22. The summed E-state index contributed by atoms with van der Waals surface area (Å²) in [5, 5.41) is 15.9. The van der Waals surface area contributed by atoms with Gasteiger partial charge in [-0.25, -0.2) is 4.39 Å². The van der Waals surface area contributed by atoms with Crippen molar-refractivity contribution in [2.24, 2.45) is 5.92 Å². The molecule has 0 saturated carbocycles. The Balaban J connectivity index is 1.82. The van der Waals surface area contributed by atoms with Crippen molar-refractivity contribution in [3.8, 4) is 0 Å². The van der Waals surface area contributed by atoms with E-state index in [1.165, 1.54) is 17.7 Å². The molecule has 3 aromatic carbocycles. The van der Waals surface area contributed by atoms with E-state index in [1.54, 1.807) is 12.1 Å². The van der Waals surface area contributed by atoms with Crippen LogP contribution in [-0.4, -0.2) is 5.11 Å². The molecule has 2 nitrogen and oxygen atoms in total. The molecule has 2 N–H and O–H groups in total. The maximum absolute atomic E-state index is 13.6. The zero-order valence-electron chi connectivity index (χ0n) is 16.8. The fraction of sp³-hybridized carbons (Fsp3) is 0.308. The Labute approximate surface area is 172 Å². The second kappa shape index (κ2) is 8.48. The van der Waals surface area contributed by atoms with E-state index in [9.17, 15) is 9.50 Å². The molecule has 0 spiro atoms. The lowest BCUT2D eigenvalue weighted by molar-refractivity contribution is -0.0850. The van der Waals surface area contributed by atoms with Crippen LogP contribution in [0.5, 0.6) is 0 Å². The van der Waals surface area contributed by atoms with Gasteiger partial charge in [-0.2, -0.15) is 0 Å². The van der Waals surface area contributed by atoms with Gasteiger partial charge in [0, 0.05) is 24.4 Å². The summed E-state index contributed by atoms with van der Waals surface area (Å²) < 4.78 is 13.6. The minimum absolute atomic E-state index is 0.00423. The average Bonchev–Trinajstić information content (AvgIpc) is 2.77. The summed E-state index contributed by atoms with van der Waals surface area (Å²) in [6.45, 7) is 2.15. The number of hydrogen-bond donors (Lipinski definition) is 2. The van der Waals surface area contributed by atoms with Crippen LogP contribution in [0.15, 0.2) is 84.9 Å². The van der Waals surface area contributed by atoms with Gasteiger partial charge in [0.05, 0.1) is 5.60 Å². The van der Waals surface area contributed by atoms with E-state index in [4.69, 9.17) is 0 Å². The first-order chi connectivity index (χ1) is 14.1. The SMILES string of the molecule is CCCC1C(c2ccccc2)NC(c2ccccc2)CC1(O)c1ccc(F)cc1. The number of halogens is 1. The maximum atomic E-state index is 13.6. The molecule has 0 aromatic heterocycles. The normalized spacial score (nSPS) is 26.9. The summed E-state index contributed by atoms with van der Waals surface area (Å²) in [5.41, 5.74) is 2.08. The van der Waals surface area contributed by atoms with E-state index in [0.29, 0.717) is 6.42 Å². The van der Waals surface area contributed by atoms with Gasteiger partial charge in [0.2, 0.25) is 0 Å². The summed E-state index contributed by atoms with van der Waals surface area (Å²) in [7, 11) is 0. The summed E-state index contributed by atoms with van der Waals surface area (Å²) in [6.07, 6.45) is 2.40. The first-order valence-corrected chi connectivity index (χ1v) is 10.5. The maximum Gasteiger partial charge on any atom is 0.123 e. The third-order valence-electron chi connectivity index (χ3n) is 6.22. The van der Waals surface area contributed by atoms with Gasteiger partial charge in [0.1, 0.15) is 5.82 Å². The molecule has 3 heteroatoms. The molecule has 1 aliphatic heterocycles. The van der Waals surface area contributed by atoms with E-state index in [0.717, 1.165) is 24.0 Å². The Morgan fingerprint density at radius 2 is 1.48 bits per heavy atom. The fourth-order valence-corrected chi connectivity index (χ4v) is 4.81. The van der Waals surface area contributed by atoms with Crippen LogP contribution in [0.1, 0.15) is 55.0 Å². The van der Waals surface area contributed by atoms with Gasteiger partial charge in [-0.1, -0.05) is 86.1 Å². The van der Waals surface area contributed by atoms with Gasteiger partial charge in [0.15, 0.2) is 0 Å². The largest absolute Gasteiger partial charge is 0.385 e. The highest BCUT2D eigenvalue weighted by Gasteiger charge is 2.48. The average molecular weight is 390 g/mol. The van der Waals surface area contributed by atoms with Crippen LogP contribution in [0.4, 0.5) is 4.39 Å². The monoisotopic (exact) mass is 389 g/mol. The minimum Gasteiger partial charge on any atom is -0.385 e. The van der Waals surface area contributed by atoms with Crippen molar-refractivity contribution in [3.63, 3.8) is 0 Å². The van der Waals surface area contributed by atoms with E-state index < -0.39 is 5.60 Å². The predicted molar refractivity (Wildman–Crippen MR) is 115 cm³/mol. The highest BCUT2D eigenvalue weighted by atomic mass is 19.1. The van der Waals surface area contributed by atoms with Crippen molar-refractivity contribution >= 4 is 0 Å². The minimum atomic E-state index is -1.05. The van der Waals surface area contributed by atoms with Crippen LogP contribution in [0, 0.1) is 11.7 Å². The molecule has 0 aliphatic carbocycles. The molecule has 0 bridgehead atoms. The topological polar surface area (TPSA) is 32.3 Å². The number of aliphatic hydroxyl groups is 1. The third kappa shape index (κ3) is 3.98. The molecular formula is C26H28FNO. The van der Waals surface area contributed by atoms with E-state index in [1.807, 2.05) is 36.4 Å². The Bertz CT molecular complexity index is 912. The van der Waals surface area contributed by atoms with Gasteiger partial charge >= 0.3 is 0 Å². The molecule has 29 heavy (non-hydrogen) atoms. The van der Waals surface area contributed by atoms with Gasteiger partial charge in [-0.15, -0.1) is 0 Å². The van der Waals surface area contributed by atoms with Crippen molar-refractivity contribution < 1.29 is 9.50 Å². The number of hydrogen-bond acceptors (Lipinski definition) is 2. The Kier molecular flexibility index (Phi) is 5.79. The van der Waals surface area contributed by atoms with Crippen molar-refractivity contribution in [1.29, 1.82) is 0 Å². The molecule has 3 aromatic rings. The Morgan fingerprint density at radius 3 is 2.07 bits per heavy atom. The first kappa shape index (κ1) is 19.8. The van der Waals surface area contributed by atoms with Gasteiger partial charge in [0.25, 0.3) is 0 Å². The first-order valence-electron chi connectivity index (χ1n) is 10.5. The summed E-state index contributed by atoms with van der Waals surface area (Å²) in [6, 6.07) is 27.0. The summed E-state index contributed by atoms with van der Waals surface area (Å²) in [4.78, 5) is 0.